The van der Waals surface area contributed by atoms with E-state index in [2.05, 4.69) is 21.9 Å². The maximum Gasteiger partial charge on any atom is 0.211 e. The number of nitrogens with zero attached hydrogens (tertiary/aromatic N) is 1. The van der Waals surface area contributed by atoms with Crippen molar-refractivity contribution in [2.24, 2.45) is 0 Å². The molecule has 0 aromatic carbocycles. The van der Waals surface area contributed by atoms with Crippen LogP contribution in [-0.2, 0) is 16.6 Å². The highest BCUT2D eigenvalue weighted by molar-refractivity contribution is 7.89. The predicted octanol–water partition coefficient (Wildman–Crippen LogP) is 1.26. The molecule has 0 fully saturated rings. The first-order chi connectivity index (χ1) is 8.55. The fraction of sp³-hybridized carbons (Fsp3) is 0.727. The van der Waals surface area contributed by atoms with Gasteiger partial charge in [-0.2, -0.15) is 0 Å². The lowest BCUT2D eigenvalue weighted by atomic mass is 10.4. The van der Waals surface area contributed by atoms with E-state index in [1.165, 1.54) is 11.3 Å². The summed E-state index contributed by atoms with van der Waals surface area (Å²) in [5, 5.41) is 3.19. The van der Waals surface area contributed by atoms with Gasteiger partial charge in [-0.1, -0.05) is 6.92 Å². The van der Waals surface area contributed by atoms with Gasteiger partial charge in [0.25, 0.3) is 0 Å². The third-order valence-corrected chi connectivity index (χ3v) is 4.84. The van der Waals surface area contributed by atoms with Gasteiger partial charge in [0.2, 0.25) is 10.0 Å². The molecule has 1 heterocycles. The quantitative estimate of drug-likeness (QED) is 0.672. The Morgan fingerprint density at radius 1 is 1.39 bits per heavy atom. The van der Waals surface area contributed by atoms with Gasteiger partial charge in [0, 0.05) is 11.4 Å². The molecule has 104 valence electrons. The summed E-state index contributed by atoms with van der Waals surface area (Å²) in [5.74, 6) is 0.168. The van der Waals surface area contributed by atoms with Crippen molar-refractivity contribution in [3.05, 3.63) is 16.1 Å². The van der Waals surface area contributed by atoms with Crippen molar-refractivity contribution in [3.8, 4) is 0 Å². The molecule has 0 radical (unpaired) electrons. The van der Waals surface area contributed by atoms with Gasteiger partial charge in [-0.3, -0.25) is 0 Å². The maximum atomic E-state index is 11.7. The van der Waals surface area contributed by atoms with E-state index in [-0.39, 0.29) is 5.75 Å². The number of thiazole rings is 1. The molecule has 0 bridgehead atoms. The Hall–Kier alpha value is -0.500. The number of hydrogen-bond donors (Lipinski definition) is 2. The molecule has 0 aliphatic heterocycles. The van der Waals surface area contributed by atoms with Crippen LogP contribution in [0.3, 0.4) is 0 Å². The molecular weight excluding hydrogens is 270 g/mol. The van der Waals surface area contributed by atoms with E-state index in [9.17, 15) is 8.42 Å². The smallest absolute Gasteiger partial charge is 0.211 e. The molecule has 0 spiro atoms. The molecule has 5 nitrogen and oxygen atoms in total. The number of hydrogen-bond acceptors (Lipinski definition) is 5. The SMILES string of the molecule is CCCNCCCS(=O)(=O)NCc1scnc1C. The summed E-state index contributed by atoms with van der Waals surface area (Å²) in [4.78, 5) is 5.06. The highest BCUT2D eigenvalue weighted by Crippen LogP contribution is 2.11. The van der Waals surface area contributed by atoms with E-state index in [1.54, 1.807) is 5.51 Å². The van der Waals surface area contributed by atoms with Crippen molar-refractivity contribution in [1.29, 1.82) is 0 Å². The summed E-state index contributed by atoms with van der Waals surface area (Å²) in [7, 11) is -3.17. The van der Waals surface area contributed by atoms with Crippen LogP contribution in [0.25, 0.3) is 0 Å². The van der Waals surface area contributed by atoms with Gasteiger partial charge in [-0.25, -0.2) is 18.1 Å². The van der Waals surface area contributed by atoms with Crippen molar-refractivity contribution in [1.82, 2.24) is 15.0 Å². The number of aryl methyl sites for hydroxylation is 1. The van der Waals surface area contributed by atoms with E-state index in [0.717, 1.165) is 30.1 Å². The molecule has 1 aromatic heterocycles. The number of aromatic nitrogens is 1. The summed E-state index contributed by atoms with van der Waals surface area (Å²) >= 11 is 1.47. The number of sulfonamides is 1. The third kappa shape index (κ3) is 5.90. The van der Waals surface area contributed by atoms with E-state index in [1.807, 2.05) is 6.92 Å². The van der Waals surface area contributed by atoms with Crippen molar-refractivity contribution in [2.45, 2.75) is 33.2 Å². The van der Waals surface area contributed by atoms with Gasteiger partial charge in [-0.05, 0) is 32.9 Å². The minimum Gasteiger partial charge on any atom is -0.317 e. The zero-order valence-corrected chi connectivity index (χ0v) is 12.5. The average molecular weight is 291 g/mol. The van der Waals surface area contributed by atoms with E-state index in [0.29, 0.717) is 13.0 Å². The summed E-state index contributed by atoms with van der Waals surface area (Å²) in [6, 6.07) is 0. The predicted molar refractivity (Wildman–Crippen MR) is 75.3 cm³/mol. The highest BCUT2D eigenvalue weighted by atomic mass is 32.2. The molecule has 0 aliphatic carbocycles. The molecule has 1 rings (SSSR count). The average Bonchev–Trinajstić information content (AvgIpc) is 2.72. The fourth-order valence-electron chi connectivity index (χ4n) is 1.43. The van der Waals surface area contributed by atoms with Crippen molar-refractivity contribution >= 4 is 21.4 Å². The Balaban J connectivity index is 2.25. The van der Waals surface area contributed by atoms with E-state index in [4.69, 9.17) is 0 Å². The van der Waals surface area contributed by atoms with Gasteiger partial charge in [0.1, 0.15) is 0 Å². The first-order valence-electron chi connectivity index (χ1n) is 6.12. The van der Waals surface area contributed by atoms with Crippen molar-refractivity contribution < 1.29 is 8.42 Å². The van der Waals surface area contributed by atoms with Crippen LogP contribution < -0.4 is 10.0 Å². The standard InChI is InChI=1S/C11H21N3O2S2/c1-3-5-12-6-4-7-18(15,16)14-8-11-10(2)13-9-17-11/h9,12,14H,3-8H2,1-2H3. The molecular formula is C11H21N3O2S2. The second-order valence-corrected chi connectivity index (χ2v) is 6.97. The normalized spacial score (nSPS) is 11.9. The minimum atomic E-state index is -3.17. The van der Waals surface area contributed by atoms with E-state index < -0.39 is 10.0 Å². The van der Waals surface area contributed by atoms with Crippen LogP contribution in [0, 0.1) is 6.92 Å². The lowest BCUT2D eigenvalue weighted by Gasteiger charge is -2.06. The number of nitrogens with one attached hydrogen (secondary N) is 2. The zero-order chi connectivity index (χ0) is 13.4. The van der Waals surface area contributed by atoms with Crippen LogP contribution in [0.1, 0.15) is 30.3 Å². The maximum absolute atomic E-state index is 11.7. The molecule has 0 aliphatic rings. The molecule has 0 saturated heterocycles. The lowest BCUT2D eigenvalue weighted by Crippen LogP contribution is -2.28. The molecule has 0 atom stereocenters. The highest BCUT2D eigenvalue weighted by Gasteiger charge is 2.11. The Kier molecular flexibility index (Phi) is 6.77. The first kappa shape index (κ1) is 15.6. The van der Waals surface area contributed by atoms with Crippen LogP contribution in [0.5, 0.6) is 0 Å². The second-order valence-electron chi connectivity index (χ2n) is 4.10. The molecule has 0 saturated carbocycles. The zero-order valence-electron chi connectivity index (χ0n) is 10.9. The Morgan fingerprint density at radius 2 is 2.17 bits per heavy atom. The van der Waals surface area contributed by atoms with Crippen molar-refractivity contribution in [2.75, 3.05) is 18.8 Å². The van der Waals surface area contributed by atoms with Crippen LogP contribution in [0.2, 0.25) is 0 Å². The van der Waals surface area contributed by atoms with Gasteiger partial charge in [0.15, 0.2) is 0 Å². The lowest BCUT2D eigenvalue weighted by molar-refractivity contribution is 0.574. The summed E-state index contributed by atoms with van der Waals surface area (Å²) < 4.78 is 26.0. The van der Waals surface area contributed by atoms with Gasteiger partial charge < -0.3 is 5.32 Å². The van der Waals surface area contributed by atoms with Crippen LogP contribution in [-0.4, -0.2) is 32.2 Å². The number of rotatable bonds is 9. The molecule has 7 heteroatoms. The summed E-state index contributed by atoms with van der Waals surface area (Å²) in [5.41, 5.74) is 2.63. The monoisotopic (exact) mass is 291 g/mol. The molecule has 1 aromatic rings. The first-order valence-corrected chi connectivity index (χ1v) is 8.65. The Morgan fingerprint density at radius 3 is 2.78 bits per heavy atom. The van der Waals surface area contributed by atoms with Gasteiger partial charge in [0.05, 0.1) is 17.0 Å². The topological polar surface area (TPSA) is 71.1 Å². The van der Waals surface area contributed by atoms with Crippen LogP contribution >= 0.6 is 11.3 Å². The van der Waals surface area contributed by atoms with Crippen LogP contribution in [0.4, 0.5) is 0 Å². The fourth-order valence-corrected chi connectivity index (χ4v) is 3.27. The molecule has 18 heavy (non-hydrogen) atoms. The van der Waals surface area contributed by atoms with Gasteiger partial charge in [-0.15, -0.1) is 11.3 Å². The Bertz CT molecular complexity index is 443. The third-order valence-electron chi connectivity index (χ3n) is 2.49. The van der Waals surface area contributed by atoms with Crippen molar-refractivity contribution in [3.63, 3.8) is 0 Å². The second kappa shape index (κ2) is 7.83. The molecule has 0 amide bonds. The van der Waals surface area contributed by atoms with Crippen LogP contribution in [0.15, 0.2) is 5.51 Å². The molecule has 2 N–H and O–H groups in total. The molecule has 0 unspecified atom stereocenters. The van der Waals surface area contributed by atoms with E-state index >= 15 is 0 Å². The largest absolute Gasteiger partial charge is 0.317 e. The summed E-state index contributed by atoms with van der Waals surface area (Å²) in [6.07, 6.45) is 1.70. The Labute approximate surface area is 113 Å². The van der Waals surface area contributed by atoms with Gasteiger partial charge >= 0.3 is 0 Å². The summed E-state index contributed by atoms with van der Waals surface area (Å²) in [6.45, 7) is 6.00. The minimum absolute atomic E-state index is 0.168.